The summed E-state index contributed by atoms with van der Waals surface area (Å²) in [7, 11) is 0. The summed E-state index contributed by atoms with van der Waals surface area (Å²) in [6.07, 6.45) is 0. The predicted molar refractivity (Wildman–Crippen MR) is 79.9 cm³/mol. The molecule has 1 aromatic carbocycles. The van der Waals surface area contributed by atoms with E-state index < -0.39 is 0 Å². The second-order valence-corrected chi connectivity index (χ2v) is 5.26. The smallest absolute Gasteiger partial charge is 0.235 e. The number of nitrogens with zero attached hydrogens (tertiary/aromatic N) is 1. The zero-order chi connectivity index (χ0) is 14.4. The molecule has 4 nitrogen and oxygen atoms in total. The third kappa shape index (κ3) is 3.95. The molecule has 1 aromatic rings. The lowest BCUT2D eigenvalue weighted by atomic mass is 9.98. The van der Waals surface area contributed by atoms with Gasteiger partial charge in [-0.05, 0) is 12.5 Å². The molecule has 20 heavy (non-hydrogen) atoms. The van der Waals surface area contributed by atoms with Crippen LogP contribution >= 0.6 is 11.6 Å². The van der Waals surface area contributed by atoms with Gasteiger partial charge in [-0.25, -0.2) is 0 Å². The van der Waals surface area contributed by atoms with Crippen LogP contribution in [0.15, 0.2) is 30.3 Å². The molecule has 1 heterocycles. The van der Waals surface area contributed by atoms with Gasteiger partial charge in [-0.3, -0.25) is 9.69 Å². The van der Waals surface area contributed by atoms with Gasteiger partial charge in [0.15, 0.2) is 0 Å². The first kappa shape index (κ1) is 15.3. The number of benzene rings is 1. The Balaban J connectivity index is 2.17. The summed E-state index contributed by atoms with van der Waals surface area (Å²) in [5.74, 6) is -0.136. The van der Waals surface area contributed by atoms with E-state index in [-0.39, 0.29) is 23.9 Å². The quantitative estimate of drug-likeness (QED) is 0.843. The minimum absolute atomic E-state index is 0.00162. The van der Waals surface area contributed by atoms with Crippen LogP contribution in [-0.2, 0) is 9.53 Å². The average molecular weight is 297 g/mol. The van der Waals surface area contributed by atoms with Crippen LogP contribution in [-0.4, -0.2) is 49.0 Å². The summed E-state index contributed by atoms with van der Waals surface area (Å²) in [5, 5.41) is 2.97. The minimum atomic E-state index is -0.131. The number of morpholine rings is 1. The molecule has 0 unspecified atom stereocenters. The molecule has 1 fully saturated rings. The maximum absolute atomic E-state index is 11.6. The van der Waals surface area contributed by atoms with E-state index in [0.29, 0.717) is 0 Å². The Labute approximate surface area is 125 Å². The van der Waals surface area contributed by atoms with Crippen LogP contribution in [0.5, 0.6) is 0 Å². The number of hydrogen-bond acceptors (Lipinski definition) is 3. The van der Waals surface area contributed by atoms with Crippen molar-refractivity contribution < 1.29 is 9.53 Å². The summed E-state index contributed by atoms with van der Waals surface area (Å²) in [5.41, 5.74) is 1.21. The maximum Gasteiger partial charge on any atom is 0.235 e. The number of carbonyl (C=O) groups excluding carboxylic acids is 1. The second-order valence-electron chi connectivity index (χ2n) is 4.99. The number of carbonyl (C=O) groups is 1. The van der Waals surface area contributed by atoms with Crippen molar-refractivity contribution in [1.82, 2.24) is 10.2 Å². The molecule has 1 N–H and O–H groups in total. The number of amides is 1. The van der Waals surface area contributed by atoms with Gasteiger partial charge < -0.3 is 10.1 Å². The van der Waals surface area contributed by atoms with Gasteiger partial charge in [0.2, 0.25) is 5.91 Å². The first-order valence-corrected chi connectivity index (χ1v) is 7.48. The molecule has 0 radical (unpaired) electrons. The van der Waals surface area contributed by atoms with Crippen molar-refractivity contribution in [3.8, 4) is 0 Å². The maximum atomic E-state index is 11.6. The Hall–Kier alpha value is -1.10. The zero-order valence-electron chi connectivity index (χ0n) is 11.7. The Morgan fingerprint density at radius 3 is 2.60 bits per heavy atom. The van der Waals surface area contributed by atoms with E-state index in [9.17, 15) is 4.79 Å². The fourth-order valence-corrected chi connectivity index (χ4v) is 2.77. The van der Waals surface area contributed by atoms with Gasteiger partial charge in [0.25, 0.3) is 0 Å². The summed E-state index contributed by atoms with van der Waals surface area (Å²) in [4.78, 5) is 13.9. The fourth-order valence-electron chi connectivity index (χ4n) is 2.69. The summed E-state index contributed by atoms with van der Waals surface area (Å²) < 4.78 is 5.42. The van der Waals surface area contributed by atoms with E-state index in [4.69, 9.17) is 16.3 Å². The first-order chi connectivity index (χ1) is 9.72. The molecule has 1 aliphatic heterocycles. The lowest BCUT2D eigenvalue weighted by Crippen LogP contribution is -2.48. The lowest BCUT2D eigenvalue weighted by Gasteiger charge is -2.38. The third-order valence-corrected chi connectivity index (χ3v) is 3.81. The number of alkyl halides is 1. The van der Waals surface area contributed by atoms with Crippen LogP contribution in [0.1, 0.15) is 18.5 Å². The van der Waals surface area contributed by atoms with Gasteiger partial charge in [-0.1, -0.05) is 30.3 Å². The van der Waals surface area contributed by atoms with Crippen molar-refractivity contribution in [3.63, 3.8) is 0 Å². The van der Waals surface area contributed by atoms with E-state index in [1.807, 2.05) is 25.1 Å². The SMILES string of the molecule is C[C@@H](NC(=O)CCl)[C@H](c1ccccc1)N1CCOCC1. The summed E-state index contributed by atoms with van der Waals surface area (Å²) >= 11 is 5.59. The van der Waals surface area contributed by atoms with Crippen molar-refractivity contribution in [3.05, 3.63) is 35.9 Å². The molecule has 0 aromatic heterocycles. The topological polar surface area (TPSA) is 41.6 Å². The molecule has 2 rings (SSSR count). The summed E-state index contributed by atoms with van der Waals surface area (Å²) in [6.45, 7) is 5.25. The van der Waals surface area contributed by atoms with Crippen molar-refractivity contribution >= 4 is 17.5 Å². The number of nitrogens with one attached hydrogen (secondary N) is 1. The number of ether oxygens (including phenoxy) is 1. The van der Waals surface area contributed by atoms with Crippen LogP contribution in [0.4, 0.5) is 0 Å². The Bertz CT molecular complexity index is 421. The van der Waals surface area contributed by atoms with Crippen molar-refractivity contribution in [2.45, 2.75) is 19.0 Å². The van der Waals surface area contributed by atoms with Gasteiger partial charge in [-0.2, -0.15) is 0 Å². The lowest BCUT2D eigenvalue weighted by molar-refractivity contribution is -0.119. The molecular formula is C15H21ClN2O2. The highest BCUT2D eigenvalue weighted by molar-refractivity contribution is 6.27. The fraction of sp³-hybridized carbons (Fsp3) is 0.533. The third-order valence-electron chi connectivity index (χ3n) is 3.56. The molecule has 110 valence electrons. The van der Waals surface area contributed by atoms with E-state index in [1.165, 1.54) is 5.56 Å². The summed E-state index contributed by atoms with van der Waals surface area (Å²) in [6, 6.07) is 10.4. The molecule has 5 heteroatoms. The van der Waals surface area contributed by atoms with E-state index in [2.05, 4.69) is 22.3 Å². The van der Waals surface area contributed by atoms with Crippen LogP contribution in [0, 0.1) is 0 Å². The Morgan fingerprint density at radius 1 is 1.35 bits per heavy atom. The molecular weight excluding hydrogens is 276 g/mol. The Kier molecular flexibility index (Phi) is 5.83. The first-order valence-electron chi connectivity index (χ1n) is 6.94. The molecule has 0 bridgehead atoms. The molecule has 0 saturated carbocycles. The van der Waals surface area contributed by atoms with E-state index in [0.717, 1.165) is 26.3 Å². The van der Waals surface area contributed by atoms with Gasteiger partial charge in [0, 0.05) is 19.1 Å². The molecule has 1 aliphatic rings. The van der Waals surface area contributed by atoms with Gasteiger partial charge in [0.1, 0.15) is 5.88 Å². The average Bonchev–Trinajstić information content (AvgIpc) is 2.49. The molecule has 1 saturated heterocycles. The largest absolute Gasteiger partial charge is 0.379 e. The van der Waals surface area contributed by atoms with Gasteiger partial charge >= 0.3 is 0 Å². The highest BCUT2D eigenvalue weighted by Crippen LogP contribution is 2.25. The standard InChI is InChI=1S/C15H21ClN2O2/c1-12(17-14(19)11-16)15(13-5-3-2-4-6-13)18-7-9-20-10-8-18/h2-6,12,15H,7-11H2,1H3,(H,17,19)/t12-,15-/m1/s1. The minimum Gasteiger partial charge on any atom is -0.379 e. The van der Waals surface area contributed by atoms with E-state index >= 15 is 0 Å². The van der Waals surface area contributed by atoms with Crippen LogP contribution in [0.3, 0.4) is 0 Å². The molecule has 2 atom stereocenters. The van der Waals surface area contributed by atoms with Crippen LogP contribution in [0.2, 0.25) is 0 Å². The number of hydrogen-bond donors (Lipinski definition) is 1. The van der Waals surface area contributed by atoms with Crippen molar-refractivity contribution in [2.24, 2.45) is 0 Å². The normalized spacial score (nSPS) is 19.3. The predicted octanol–water partition coefficient (Wildman–Crippen LogP) is 1.80. The molecule has 0 aliphatic carbocycles. The molecule has 1 amide bonds. The highest BCUT2D eigenvalue weighted by atomic mass is 35.5. The van der Waals surface area contributed by atoms with Gasteiger partial charge in [0.05, 0.1) is 19.3 Å². The molecule has 0 spiro atoms. The number of rotatable bonds is 5. The van der Waals surface area contributed by atoms with Crippen molar-refractivity contribution in [2.75, 3.05) is 32.2 Å². The monoisotopic (exact) mass is 296 g/mol. The van der Waals surface area contributed by atoms with E-state index in [1.54, 1.807) is 0 Å². The second kappa shape index (κ2) is 7.62. The zero-order valence-corrected chi connectivity index (χ0v) is 12.5. The van der Waals surface area contributed by atoms with Crippen LogP contribution < -0.4 is 5.32 Å². The number of halogens is 1. The highest BCUT2D eigenvalue weighted by Gasteiger charge is 2.28. The van der Waals surface area contributed by atoms with Crippen molar-refractivity contribution in [1.29, 1.82) is 0 Å². The Morgan fingerprint density at radius 2 is 2.00 bits per heavy atom. The van der Waals surface area contributed by atoms with Gasteiger partial charge in [-0.15, -0.1) is 11.6 Å². The van der Waals surface area contributed by atoms with Crippen LogP contribution in [0.25, 0.3) is 0 Å².